The van der Waals surface area contributed by atoms with Crippen LogP contribution in [0.4, 0.5) is 0 Å². The first-order valence-electron chi connectivity index (χ1n) is 5.30. The predicted octanol–water partition coefficient (Wildman–Crippen LogP) is 2.98. The molecule has 2 aromatic rings. The van der Waals surface area contributed by atoms with Crippen molar-refractivity contribution in [2.75, 3.05) is 6.54 Å². The summed E-state index contributed by atoms with van der Waals surface area (Å²) >= 11 is 1.88. The number of hydrogen-bond acceptors (Lipinski definition) is 2. The third-order valence-electron chi connectivity index (χ3n) is 2.92. The molecule has 0 aliphatic carbocycles. The second kappa shape index (κ2) is 3.80. The zero-order valence-electron chi connectivity index (χ0n) is 8.44. The Kier molecular flexibility index (Phi) is 2.31. The van der Waals surface area contributed by atoms with E-state index in [1.54, 1.807) is 4.88 Å². The van der Waals surface area contributed by atoms with Crippen LogP contribution in [0.25, 0.3) is 0 Å². The number of thiophene rings is 1. The van der Waals surface area contributed by atoms with Crippen molar-refractivity contribution < 1.29 is 0 Å². The number of fused-ring (bicyclic) bond motifs is 1. The first-order valence-corrected chi connectivity index (χ1v) is 6.18. The van der Waals surface area contributed by atoms with E-state index in [-0.39, 0.29) is 0 Å². The summed E-state index contributed by atoms with van der Waals surface area (Å²) in [6.45, 7) is 1.09. The Morgan fingerprint density at radius 3 is 2.87 bits per heavy atom. The fourth-order valence-electron chi connectivity index (χ4n) is 2.19. The fraction of sp³-hybridized carbons (Fsp3) is 0.231. The van der Waals surface area contributed by atoms with Crippen molar-refractivity contribution in [2.45, 2.75) is 12.5 Å². The molecule has 3 rings (SSSR count). The number of hydrogen-bond donors (Lipinski definition) is 1. The Morgan fingerprint density at radius 2 is 2.00 bits per heavy atom. The number of nitrogens with one attached hydrogen (secondary N) is 1. The van der Waals surface area contributed by atoms with Crippen LogP contribution in [0.5, 0.6) is 0 Å². The van der Waals surface area contributed by atoms with Crippen molar-refractivity contribution >= 4 is 11.3 Å². The highest BCUT2D eigenvalue weighted by molar-refractivity contribution is 7.10. The van der Waals surface area contributed by atoms with Crippen LogP contribution in [-0.4, -0.2) is 6.54 Å². The molecular weight excluding hydrogens is 202 g/mol. The third-order valence-corrected chi connectivity index (χ3v) is 3.92. The first-order chi connectivity index (χ1) is 7.45. The SMILES string of the molecule is c1ccc([C@@H]2NCCc3sccc32)cc1. The zero-order valence-corrected chi connectivity index (χ0v) is 9.26. The molecule has 0 amide bonds. The Balaban J connectivity index is 2.03. The van der Waals surface area contributed by atoms with E-state index in [0.717, 1.165) is 6.54 Å². The van der Waals surface area contributed by atoms with Gasteiger partial charge in [-0.2, -0.15) is 0 Å². The van der Waals surface area contributed by atoms with Crippen molar-refractivity contribution in [1.29, 1.82) is 0 Å². The Morgan fingerprint density at radius 1 is 1.13 bits per heavy atom. The molecule has 15 heavy (non-hydrogen) atoms. The van der Waals surface area contributed by atoms with E-state index >= 15 is 0 Å². The molecule has 1 atom stereocenters. The van der Waals surface area contributed by atoms with Crippen LogP contribution >= 0.6 is 11.3 Å². The molecule has 2 heteroatoms. The van der Waals surface area contributed by atoms with Crippen LogP contribution < -0.4 is 5.32 Å². The molecule has 1 aromatic heterocycles. The molecule has 0 radical (unpaired) electrons. The smallest absolute Gasteiger partial charge is 0.0587 e. The van der Waals surface area contributed by atoms with Gasteiger partial charge in [0.2, 0.25) is 0 Å². The van der Waals surface area contributed by atoms with Crippen molar-refractivity contribution in [3.8, 4) is 0 Å². The lowest BCUT2D eigenvalue weighted by molar-refractivity contribution is 0.575. The number of benzene rings is 1. The van der Waals surface area contributed by atoms with Crippen LogP contribution in [0.1, 0.15) is 22.0 Å². The minimum atomic E-state index is 0.404. The van der Waals surface area contributed by atoms with E-state index < -0.39 is 0 Å². The Labute approximate surface area is 93.8 Å². The van der Waals surface area contributed by atoms with Gasteiger partial charge in [0.1, 0.15) is 0 Å². The van der Waals surface area contributed by atoms with Crippen LogP contribution in [0.3, 0.4) is 0 Å². The van der Waals surface area contributed by atoms with E-state index in [9.17, 15) is 0 Å². The van der Waals surface area contributed by atoms with Gasteiger partial charge in [0, 0.05) is 11.4 Å². The van der Waals surface area contributed by atoms with Gasteiger partial charge >= 0.3 is 0 Å². The van der Waals surface area contributed by atoms with Crippen LogP contribution in [0, 0.1) is 0 Å². The summed E-state index contributed by atoms with van der Waals surface area (Å²) in [5.41, 5.74) is 2.84. The lowest BCUT2D eigenvalue weighted by Gasteiger charge is -2.24. The van der Waals surface area contributed by atoms with Crippen molar-refractivity contribution in [3.05, 3.63) is 57.8 Å². The summed E-state index contributed by atoms with van der Waals surface area (Å²) in [4.78, 5) is 1.54. The van der Waals surface area contributed by atoms with Gasteiger partial charge in [-0.3, -0.25) is 0 Å². The normalized spacial score (nSPS) is 19.9. The average molecular weight is 215 g/mol. The second-order valence-electron chi connectivity index (χ2n) is 3.85. The van der Waals surface area contributed by atoms with Gasteiger partial charge in [-0.25, -0.2) is 0 Å². The minimum absolute atomic E-state index is 0.404. The van der Waals surface area contributed by atoms with E-state index in [4.69, 9.17) is 0 Å². The zero-order chi connectivity index (χ0) is 10.1. The van der Waals surface area contributed by atoms with E-state index in [0.29, 0.717) is 6.04 Å². The quantitative estimate of drug-likeness (QED) is 0.771. The summed E-state index contributed by atoms with van der Waals surface area (Å²) in [6, 6.07) is 13.3. The maximum Gasteiger partial charge on any atom is 0.0587 e. The van der Waals surface area contributed by atoms with Crippen LogP contribution in [-0.2, 0) is 6.42 Å². The van der Waals surface area contributed by atoms with Crippen LogP contribution in [0.2, 0.25) is 0 Å². The molecule has 0 unspecified atom stereocenters. The predicted molar refractivity (Wildman–Crippen MR) is 64.3 cm³/mol. The van der Waals surface area contributed by atoms with Gasteiger partial charge in [0.05, 0.1) is 6.04 Å². The maximum atomic E-state index is 3.58. The van der Waals surface area contributed by atoms with Crippen molar-refractivity contribution in [1.82, 2.24) is 5.32 Å². The molecule has 0 saturated heterocycles. The Bertz CT molecular complexity index is 447. The van der Waals surface area contributed by atoms with Crippen molar-refractivity contribution in [3.63, 3.8) is 0 Å². The van der Waals surface area contributed by atoms with Crippen LogP contribution in [0.15, 0.2) is 41.8 Å². The largest absolute Gasteiger partial charge is 0.306 e. The summed E-state index contributed by atoms with van der Waals surface area (Å²) in [5, 5.41) is 5.79. The highest BCUT2D eigenvalue weighted by Gasteiger charge is 2.21. The van der Waals surface area contributed by atoms with E-state index in [1.165, 1.54) is 17.5 Å². The van der Waals surface area contributed by atoms with E-state index in [1.807, 2.05) is 11.3 Å². The fourth-order valence-corrected chi connectivity index (χ4v) is 3.11. The minimum Gasteiger partial charge on any atom is -0.306 e. The van der Waals surface area contributed by atoms with Gasteiger partial charge in [0.15, 0.2) is 0 Å². The molecule has 0 saturated carbocycles. The molecule has 1 aromatic carbocycles. The standard InChI is InChI=1S/C13H13NS/c1-2-4-10(5-3-1)13-11-7-9-15-12(11)6-8-14-13/h1-5,7,9,13-14H,6,8H2/t13-/m0/s1. The first kappa shape index (κ1) is 9.13. The highest BCUT2D eigenvalue weighted by Crippen LogP contribution is 2.31. The lowest BCUT2D eigenvalue weighted by atomic mass is 9.96. The maximum absolute atomic E-state index is 3.58. The molecule has 1 nitrogen and oxygen atoms in total. The van der Waals surface area contributed by atoms with Gasteiger partial charge in [-0.15, -0.1) is 11.3 Å². The summed E-state index contributed by atoms with van der Waals surface area (Å²) in [6.07, 6.45) is 1.18. The third kappa shape index (κ3) is 1.60. The second-order valence-corrected chi connectivity index (χ2v) is 4.85. The topological polar surface area (TPSA) is 12.0 Å². The summed E-state index contributed by atoms with van der Waals surface area (Å²) < 4.78 is 0. The van der Waals surface area contributed by atoms with Gasteiger partial charge in [-0.05, 0) is 29.0 Å². The molecule has 0 spiro atoms. The number of rotatable bonds is 1. The molecule has 2 heterocycles. The molecule has 76 valence electrons. The van der Waals surface area contributed by atoms with Crippen molar-refractivity contribution in [2.24, 2.45) is 0 Å². The molecule has 0 bridgehead atoms. The highest BCUT2D eigenvalue weighted by atomic mass is 32.1. The molecule has 0 fully saturated rings. The molecule has 1 aliphatic rings. The average Bonchev–Trinajstić information content (AvgIpc) is 2.78. The molecular formula is C13H13NS. The summed E-state index contributed by atoms with van der Waals surface area (Å²) in [5.74, 6) is 0. The summed E-state index contributed by atoms with van der Waals surface area (Å²) in [7, 11) is 0. The molecule has 1 N–H and O–H groups in total. The monoisotopic (exact) mass is 215 g/mol. The van der Waals surface area contributed by atoms with Gasteiger partial charge in [-0.1, -0.05) is 30.3 Å². The van der Waals surface area contributed by atoms with Gasteiger partial charge < -0.3 is 5.32 Å². The van der Waals surface area contributed by atoms with E-state index in [2.05, 4.69) is 47.1 Å². The lowest BCUT2D eigenvalue weighted by Crippen LogP contribution is -2.29. The Hall–Kier alpha value is -1.12. The van der Waals surface area contributed by atoms with Gasteiger partial charge in [0.25, 0.3) is 0 Å². The molecule has 1 aliphatic heterocycles.